The van der Waals surface area contributed by atoms with Crippen LogP contribution in [0.25, 0.3) is 0 Å². The molecule has 9 heteroatoms. The highest BCUT2D eigenvalue weighted by Crippen LogP contribution is 2.33. The van der Waals surface area contributed by atoms with E-state index in [0.717, 1.165) is 68.1 Å². The zero-order chi connectivity index (χ0) is 26.3. The molecule has 2 aliphatic rings. The van der Waals surface area contributed by atoms with Crippen LogP contribution in [0.15, 0.2) is 48.8 Å². The molecule has 2 aliphatic heterocycles. The summed E-state index contributed by atoms with van der Waals surface area (Å²) >= 11 is 0. The average molecular weight is 516 g/mol. The van der Waals surface area contributed by atoms with Crippen molar-refractivity contribution in [3.63, 3.8) is 0 Å². The van der Waals surface area contributed by atoms with Gasteiger partial charge in [-0.2, -0.15) is 0 Å². The Hall–Kier alpha value is -3.72. The van der Waals surface area contributed by atoms with Gasteiger partial charge < -0.3 is 20.6 Å². The Morgan fingerprint density at radius 1 is 1.16 bits per heavy atom. The van der Waals surface area contributed by atoms with Crippen LogP contribution >= 0.6 is 0 Å². The van der Waals surface area contributed by atoms with E-state index in [-0.39, 0.29) is 6.54 Å². The van der Waals surface area contributed by atoms with Gasteiger partial charge in [-0.1, -0.05) is 43.3 Å². The number of carbonyl (C=O) groups is 1. The molecule has 1 aromatic carbocycles. The highest BCUT2D eigenvalue weighted by molar-refractivity contribution is 5.74. The molecule has 4 N–H and O–H groups in total. The number of carboxylic acid groups (broad SMARTS) is 1. The molecule has 2 aromatic heterocycles. The van der Waals surface area contributed by atoms with Gasteiger partial charge in [-0.3, -0.25) is 10.1 Å². The summed E-state index contributed by atoms with van der Waals surface area (Å²) in [4.78, 5) is 28.3. The van der Waals surface area contributed by atoms with Gasteiger partial charge in [0.05, 0.1) is 0 Å². The zero-order valence-electron chi connectivity index (χ0n) is 22.0. The Balaban J connectivity index is 1.22. The van der Waals surface area contributed by atoms with Crippen molar-refractivity contribution in [2.45, 2.75) is 57.5 Å². The lowest BCUT2D eigenvalue weighted by Gasteiger charge is -2.34. The van der Waals surface area contributed by atoms with Crippen LogP contribution in [0.4, 0.5) is 17.5 Å². The van der Waals surface area contributed by atoms with Gasteiger partial charge in [-0.25, -0.2) is 15.0 Å². The first-order valence-electron chi connectivity index (χ1n) is 13.7. The van der Waals surface area contributed by atoms with Crippen molar-refractivity contribution in [3.05, 3.63) is 71.2 Å². The van der Waals surface area contributed by atoms with E-state index in [0.29, 0.717) is 18.3 Å². The molecule has 0 aliphatic carbocycles. The Bertz CT molecular complexity index is 1230. The number of nitrogens with one attached hydrogen (secondary N) is 3. The van der Waals surface area contributed by atoms with Gasteiger partial charge >= 0.3 is 5.97 Å². The summed E-state index contributed by atoms with van der Waals surface area (Å²) in [6.45, 7) is 5.60. The van der Waals surface area contributed by atoms with E-state index in [1.807, 2.05) is 30.3 Å². The third-order valence-electron chi connectivity index (χ3n) is 7.57. The van der Waals surface area contributed by atoms with E-state index in [1.54, 1.807) is 6.33 Å². The maximum Gasteiger partial charge on any atom is 0.322 e. The van der Waals surface area contributed by atoms with Crippen LogP contribution in [-0.2, 0) is 24.2 Å². The number of fused-ring (bicyclic) bond motifs is 1. The minimum atomic E-state index is -0.895. The molecule has 0 saturated carbocycles. The van der Waals surface area contributed by atoms with Crippen LogP contribution in [-0.4, -0.2) is 58.2 Å². The Kier molecular flexibility index (Phi) is 8.33. The van der Waals surface area contributed by atoms with Gasteiger partial charge in [0, 0.05) is 49.9 Å². The van der Waals surface area contributed by atoms with Crippen molar-refractivity contribution < 1.29 is 9.90 Å². The number of hydrogen-bond acceptors (Lipinski definition) is 8. The minimum Gasteiger partial charge on any atom is -0.480 e. The monoisotopic (exact) mass is 515 g/mol. The summed E-state index contributed by atoms with van der Waals surface area (Å²) in [6.07, 6.45) is 6.65. The van der Waals surface area contributed by atoms with Crippen LogP contribution in [0.1, 0.15) is 54.5 Å². The molecule has 38 heavy (non-hydrogen) atoms. The van der Waals surface area contributed by atoms with Crippen molar-refractivity contribution in [2.75, 3.05) is 41.7 Å². The number of rotatable bonds is 10. The largest absolute Gasteiger partial charge is 0.480 e. The minimum absolute atomic E-state index is 0.228. The molecule has 5 rings (SSSR count). The second kappa shape index (κ2) is 12.2. The lowest BCUT2D eigenvalue weighted by molar-refractivity contribution is -0.139. The SMILES string of the molecule is CCc1c(NC[C@H](NCc2ccccc2)C(=O)O)ncnc1N1CCC(c2ccc3c(n2)NCCC3)CC1. The number of hydrogen-bond donors (Lipinski definition) is 4. The molecule has 0 bridgehead atoms. The zero-order valence-corrected chi connectivity index (χ0v) is 22.0. The number of nitrogens with zero attached hydrogens (tertiary/aromatic N) is 4. The molecular weight excluding hydrogens is 478 g/mol. The van der Waals surface area contributed by atoms with Gasteiger partial charge in [-0.05, 0) is 49.3 Å². The summed E-state index contributed by atoms with van der Waals surface area (Å²) in [5.41, 5.74) is 4.57. The number of piperidine rings is 1. The second-order valence-corrected chi connectivity index (χ2v) is 10.1. The van der Waals surface area contributed by atoms with Crippen LogP contribution in [0.2, 0.25) is 0 Å². The first-order chi connectivity index (χ1) is 18.6. The van der Waals surface area contributed by atoms with E-state index in [4.69, 9.17) is 4.98 Å². The number of aryl methyl sites for hydroxylation is 1. The highest BCUT2D eigenvalue weighted by Gasteiger charge is 2.26. The lowest BCUT2D eigenvalue weighted by atomic mass is 9.92. The van der Waals surface area contributed by atoms with E-state index in [1.165, 1.54) is 17.7 Å². The van der Waals surface area contributed by atoms with E-state index < -0.39 is 12.0 Å². The molecule has 1 fully saturated rings. The van der Waals surface area contributed by atoms with Gasteiger partial charge in [0.15, 0.2) is 0 Å². The van der Waals surface area contributed by atoms with Crippen molar-refractivity contribution in [2.24, 2.45) is 0 Å². The van der Waals surface area contributed by atoms with Crippen molar-refractivity contribution in [1.82, 2.24) is 20.3 Å². The van der Waals surface area contributed by atoms with Crippen LogP contribution < -0.4 is 20.9 Å². The number of aromatic nitrogens is 3. The van der Waals surface area contributed by atoms with Gasteiger partial charge in [0.25, 0.3) is 0 Å². The number of anilines is 3. The molecule has 3 aromatic rings. The second-order valence-electron chi connectivity index (χ2n) is 10.1. The topological polar surface area (TPSA) is 115 Å². The van der Waals surface area contributed by atoms with Gasteiger partial charge in [0.2, 0.25) is 0 Å². The van der Waals surface area contributed by atoms with Gasteiger partial charge in [-0.15, -0.1) is 0 Å². The number of benzene rings is 1. The first kappa shape index (κ1) is 25.9. The summed E-state index contributed by atoms with van der Waals surface area (Å²) in [5.74, 6) is 2.25. The molecule has 0 amide bonds. The smallest absolute Gasteiger partial charge is 0.322 e. The van der Waals surface area contributed by atoms with Crippen molar-refractivity contribution >= 4 is 23.4 Å². The van der Waals surface area contributed by atoms with Crippen molar-refractivity contribution in [3.8, 4) is 0 Å². The van der Waals surface area contributed by atoms with E-state index in [9.17, 15) is 9.90 Å². The summed E-state index contributed by atoms with van der Waals surface area (Å²) < 4.78 is 0. The molecule has 0 unspecified atom stereocenters. The lowest BCUT2D eigenvalue weighted by Crippen LogP contribution is -2.42. The Labute approximate surface area is 224 Å². The number of aliphatic carboxylic acids is 1. The third kappa shape index (κ3) is 6.05. The van der Waals surface area contributed by atoms with Crippen LogP contribution in [0.5, 0.6) is 0 Å². The molecule has 0 radical (unpaired) electrons. The molecule has 9 nitrogen and oxygen atoms in total. The van der Waals surface area contributed by atoms with Crippen LogP contribution in [0, 0.1) is 0 Å². The normalized spacial score (nSPS) is 16.4. The van der Waals surface area contributed by atoms with Gasteiger partial charge in [0.1, 0.15) is 29.8 Å². The summed E-state index contributed by atoms with van der Waals surface area (Å²) in [7, 11) is 0. The highest BCUT2D eigenvalue weighted by atomic mass is 16.4. The number of pyridine rings is 1. The first-order valence-corrected chi connectivity index (χ1v) is 13.7. The standard InChI is InChI=1S/C29H37N7O2/c1-2-23-27(32-18-25(29(37)38)31-17-20-7-4-3-5-8-20)33-19-34-28(23)36-15-12-21(13-16-36)24-11-10-22-9-6-14-30-26(22)35-24/h3-5,7-8,10-11,19,21,25,31H,2,6,9,12-18H2,1H3,(H,30,35)(H,37,38)(H,32,33,34)/t25-/m0/s1. The predicted molar refractivity (Wildman–Crippen MR) is 150 cm³/mol. The molecule has 1 atom stereocenters. The third-order valence-corrected chi connectivity index (χ3v) is 7.57. The van der Waals surface area contributed by atoms with E-state index >= 15 is 0 Å². The molecule has 1 saturated heterocycles. The summed E-state index contributed by atoms with van der Waals surface area (Å²) in [6, 6.07) is 13.5. The Morgan fingerprint density at radius 3 is 2.74 bits per heavy atom. The molecule has 200 valence electrons. The summed E-state index contributed by atoms with van der Waals surface area (Å²) in [5, 5.41) is 19.6. The van der Waals surface area contributed by atoms with E-state index in [2.05, 4.69) is 49.9 Å². The molecule has 0 spiro atoms. The molecular formula is C29H37N7O2. The van der Waals surface area contributed by atoms with Crippen molar-refractivity contribution in [1.29, 1.82) is 0 Å². The maximum absolute atomic E-state index is 11.9. The molecule has 4 heterocycles. The predicted octanol–water partition coefficient (Wildman–Crippen LogP) is 3.83. The fourth-order valence-electron chi connectivity index (χ4n) is 5.39. The fourth-order valence-corrected chi connectivity index (χ4v) is 5.39. The quantitative estimate of drug-likeness (QED) is 0.320. The van der Waals surface area contributed by atoms with Crippen LogP contribution in [0.3, 0.4) is 0 Å². The maximum atomic E-state index is 11.9. The fraction of sp³-hybridized carbons (Fsp3) is 0.448. The average Bonchev–Trinajstić information content (AvgIpc) is 2.97. The Morgan fingerprint density at radius 2 is 1.97 bits per heavy atom. The number of carboxylic acids is 1.